The predicted octanol–water partition coefficient (Wildman–Crippen LogP) is 6.58. The first-order valence-electron chi connectivity index (χ1n) is 10.7. The molecule has 0 aliphatic rings. The molecule has 1 aromatic carbocycles. The zero-order valence-electron chi connectivity index (χ0n) is 18.6. The maximum absolute atomic E-state index is 10.4. The number of nitrogens with zero attached hydrogens (tertiary/aromatic N) is 2. The average Bonchev–Trinajstić information content (AvgIpc) is 3.23. The van der Waals surface area contributed by atoms with Crippen LogP contribution in [0.15, 0.2) is 54.9 Å². The first-order valence-corrected chi connectivity index (χ1v) is 12.2. The number of unbranched alkanes of at least 4 members (excludes halogenated alkanes) is 2. The lowest BCUT2D eigenvalue weighted by atomic mass is 10.0. The molecule has 0 fully saturated rings. The van der Waals surface area contributed by atoms with Crippen molar-refractivity contribution in [1.82, 2.24) is 9.55 Å². The molecule has 3 nitrogen and oxygen atoms in total. The zero-order chi connectivity index (χ0) is 21.9. The SMILES string of the molecule is C=C(/C=C(\PC)c1ccc(C#CCCCC=O)cc1)C(CC)n1ccnc1C(C)C. The molecule has 2 aromatic rings. The molecule has 2 unspecified atom stereocenters. The summed E-state index contributed by atoms with van der Waals surface area (Å²) in [5.74, 6) is 7.80. The lowest BCUT2D eigenvalue weighted by molar-refractivity contribution is -0.107. The highest BCUT2D eigenvalue weighted by Crippen LogP contribution is 2.35. The number of aldehydes is 1. The number of allylic oxidation sites excluding steroid dienone is 2. The third-order valence-corrected chi connectivity index (χ3v) is 5.99. The molecule has 0 amide bonds. The van der Waals surface area contributed by atoms with Gasteiger partial charge >= 0.3 is 0 Å². The number of hydrogen-bond acceptors (Lipinski definition) is 2. The van der Waals surface area contributed by atoms with Gasteiger partial charge in [0.15, 0.2) is 0 Å². The summed E-state index contributed by atoms with van der Waals surface area (Å²) < 4.78 is 2.27. The minimum Gasteiger partial charge on any atom is -0.327 e. The zero-order valence-corrected chi connectivity index (χ0v) is 19.6. The van der Waals surface area contributed by atoms with Crippen LogP contribution in [-0.4, -0.2) is 22.5 Å². The van der Waals surface area contributed by atoms with E-state index in [9.17, 15) is 4.79 Å². The summed E-state index contributed by atoms with van der Waals surface area (Å²) in [5.41, 5.74) is 3.34. The second-order valence-corrected chi connectivity index (χ2v) is 8.63. The van der Waals surface area contributed by atoms with Gasteiger partial charge in [-0.2, -0.15) is 0 Å². The molecule has 0 radical (unpaired) electrons. The van der Waals surface area contributed by atoms with E-state index in [2.05, 4.69) is 91.9 Å². The fourth-order valence-electron chi connectivity index (χ4n) is 3.43. The highest BCUT2D eigenvalue weighted by molar-refractivity contribution is 7.49. The first kappa shape index (κ1) is 23.8. The summed E-state index contributed by atoms with van der Waals surface area (Å²) in [7, 11) is 0.675. The Balaban J connectivity index is 2.18. The quantitative estimate of drug-likeness (QED) is 0.143. The molecular formula is C26H33N2OP. The van der Waals surface area contributed by atoms with Crippen molar-refractivity contribution in [2.45, 2.75) is 58.4 Å². The van der Waals surface area contributed by atoms with Gasteiger partial charge in [0, 0.05) is 36.7 Å². The molecule has 30 heavy (non-hydrogen) atoms. The Kier molecular flexibility index (Phi) is 9.78. The third kappa shape index (κ3) is 6.54. The van der Waals surface area contributed by atoms with Crippen LogP contribution in [0.4, 0.5) is 0 Å². The molecule has 0 saturated carbocycles. The fraction of sp³-hybridized carbons (Fsp3) is 0.385. The van der Waals surface area contributed by atoms with E-state index >= 15 is 0 Å². The number of rotatable bonds is 10. The number of aromatic nitrogens is 2. The maximum atomic E-state index is 10.4. The summed E-state index contributed by atoms with van der Waals surface area (Å²) in [6.07, 6.45) is 10.3. The van der Waals surface area contributed by atoms with Crippen molar-refractivity contribution in [1.29, 1.82) is 0 Å². The average molecular weight is 421 g/mol. The minimum absolute atomic E-state index is 0.216. The number of imidazole rings is 1. The molecule has 2 atom stereocenters. The minimum atomic E-state index is 0.216. The van der Waals surface area contributed by atoms with Gasteiger partial charge < -0.3 is 9.36 Å². The van der Waals surface area contributed by atoms with Crippen LogP contribution >= 0.6 is 8.58 Å². The van der Waals surface area contributed by atoms with Crippen LogP contribution in [0.5, 0.6) is 0 Å². The molecule has 0 spiro atoms. The van der Waals surface area contributed by atoms with Crippen molar-refractivity contribution < 1.29 is 4.79 Å². The van der Waals surface area contributed by atoms with Gasteiger partial charge in [0.05, 0.1) is 6.04 Å². The monoisotopic (exact) mass is 420 g/mol. The summed E-state index contributed by atoms with van der Waals surface area (Å²) in [5, 5.41) is 1.30. The lowest BCUT2D eigenvalue weighted by Gasteiger charge is -2.22. The van der Waals surface area contributed by atoms with Crippen LogP contribution in [0.2, 0.25) is 0 Å². The first-order chi connectivity index (χ1) is 14.5. The molecule has 158 valence electrons. The van der Waals surface area contributed by atoms with Crippen LogP contribution in [-0.2, 0) is 4.79 Å². The molecule has 0 aliphatic carbocycles. The van der Waals surface area contributed by atoms with E-state index in [1.54, 1.807) is 0 Å². The fourth-order valence-corrected chi connectivity index (χ4v) is 4.21. The normalized spacial score (nSPS) is 12.8. The predicted molar refractivity (Wildman–Crippen MR) is 130 cm³/mol. The van der Waals surface area contributed by atoms with Crippen molar-refractivity contribution in [3.05, 3.63) is 71.8 Å². The van der Waals surface area contributed by atoms with Gasteiger partial charge in [0.25, 0.3) is 0 Å². The topological polar surface area (TPSA) is 34.9 Å². The second kappa shape index (κ2) is 12.3. The molecule has 0 bridgehead atoms. The van der Waals surface area contributed by atoms with E-state index in [-0.39, 0.29) is 6.04 Å². The van der Waals surface area contributed by atoms with Crippen molar-refractivity contribution >= 4 is 20.2 Å². The van der Waals surface area contributed by atoms with Crippen LogP contribution in [0.1, 0.15) is 75.4 Å². The number of benzene rings is 1. The van der Waals surface area contributed by atoms with Gasteiger partial charge in [-0.05, 0) is 54.2 Å². The Morgan fingerprint density at radius 1 is 1.30 bits per heavy atom. The molecule has 2 rings (SSSR count). The Labute approximate surface area is 183 Å². The maximum Gasteiger partial charge on any atom is 0.120 e. The third-order valence-electron chi connectivity index (χ3n) is 5.02. The molecule has 0 aliphatic heterocycles. The largest absolute Gasteiger partial charge is 0.327 e. The van der Waals surface area contributed by atoms with Gasteiger partial charge in [-0.3, -0.25) is 0 Å². The second-order valence-electron chi connectivity index (χ2n) is 7.59. The van der Waals surface area contributed by atoms with Gasteiger partial charge in [0.2, 0.25) is 0 Å². The van der Waals surface area contributed by atoms with Crippen molar-refractivity contribution in [3.63, 3.8) is 0 Å². The van der Waals surface area contributed by atoms with Crippen LogP contribution < -0.4 is 0 Å². The summed E-state index contributed by atoms with van der Waals surface area (Å²) in [4.78, 5) is 14.9. The van der Waals surface area contributed by atoms with E-state index in [0.717, 1.165) is 42.5 Å². The van der Waals surface area contributed by atoms with Crippen molar-refractivity contribution in [2.75, 3.05) is 6.66 Å². The number of hydrogen-bond donors (Lipinski definition) is 0. The highest BCUT2D eigenvalue weighted by Gasteiger charge is 2.17. The Morgan fingerprint density at radius 2 is 2.03 bits per heavy atom. The standard InChI is InChI=1S/C26H33N2OP/c1-6-24(28-17-16-27-26(28)20(2)3)21(4)19-25(30-5)23-14-12-22(13-15-23)11-9-7-8-10-18-29/h12-20,24,30H,4,6-8,10H2,1-3,5H3/b25-19-. The lowest BCUT2D eigenvalue weighted by Crippen LogP contribution is -2.13. The van der Waals surface area contributed by atoms with E-state index in [1.165, 1.54) is 10.9 Å². The molecular weight excluding hydrogens is 387 g/mol. The van der Waals surface area contributed by atoms with Gasteiger partial charge in [-0.15, -0.1) is 0 Å². The molecule has 1 heterocycles. The molecule has 0 N–H and O–H groups in total. The van der Waals surface area contributed by atoms with E-state index in [4.69, 9.17) is 0 Å². The smallest absolute Gasteiger partial charge is 0.120 e. The number of carbonyl (C=O) groups is 1. The van der Waals surface area contributed by atoms with Gasteiger partial charge in [-0.1, -0.05) is 59.9 Å². The van der Waals surface area contributed by atoms with E-state index in [1.807, 2.05) is 6.20 Å². The van der Waals surface area contributed by atoms with Crippen molar-refractivity contribution in [2.24, 2.45) is 0 Å². The number of carbonyl (C=O) groups excluding carboxylic acids is 1. The molecule has 4 heteroatoms. The van der Waals surface area contributed by atoms with Crippen molar-refractivity contribution in [3.8, 4) is 11.8 Å². The summed E-state index contributed by atoms with van der Waals surface area (Å²) in [6.45, 7) is 13.2. The Hall–Kier alpha value is -2.43. The highest BCUT2D eigenvalue weighted by atomic mass is 31.1. The molecule has 1 aromatic heterocycles. The van der Waals surface area contributed by atoms with Crippen LogP contribution in [0, 0.1) is 11.8 Å². The Bertz CT molecular complexity index is 926. The van der Waals surface area contributed by atoms with E-state index in [0.29, 0.717) is 20.9 Å². The van der Waals surface area contributed by atoms with Gasteiger partial charge in [0.1, 0.15) is 12.1 Å². The Morgan fingerprint density at radius 3 is 2.63 bits per heavy atom. The van der Waals surface area contributed by atoms with Crippen LogP contribution in [0.25, 0.3) is 5.31 Å². The molecule has 0 saturated heterocycles. The summed E-state index contributed by atoms with van der Waals surface area (Å²) >= 11 is 0. The summed E-state index contributed by atoms with van der Waals surface area (Å²) in [6, 6.07) is 8.64. The van der Waals surface area contributed by atoms with E-state index < -0.39 is 0 Å². The van der Waals surface area contributed by atoms with Gasteiger partial charge in [-0.25, -0.2) is 4.98 Å². The van der Waals surface area contributed by atoms with Crippen LogP contribution in [0.3, 0.4) is 0 Å².